The highest BCUT2D eigenvalue weighted by Crippen LogP contribution is 1.79. The average molecular weight is 126 g/mol. The molecule has 0 bridgehead atoms. The lowest BCUT2D eigenvalue weighted by atomic mass is 10.4. The standard InChI is InChI=1S/C6H6.3CH4/c1-2-4-6-5-3-1;;;/h1-6H;3*1H4. The Bertz CT molecular complexity index is 72.0. The van der Waals surface area contributed by atoms with Crippen LogP contribution in [0.4, 0.5) is 0 Å². The fourth-order valence-electron chi connectivity index (χ4n) is 0.385. The lowest BCUT2D eigenvalue weighted by Crippen LogP contribution is -1.47. The first-order valence-electron chi connectivity index (χ1n) is 2.00. The molecule has 0 amide bonds. The SMILES string of the molecule is C.C.C.c1ccccc1. The molecular formula is C9H18. The molecule has 0 heteroatoms. The number of benzene rings is 1. The lowest BCUT2D eigenvalue weighted by Gasteiger charge is -1.69. The largest absolute Gasteiger partial charge is 0.0776 e. The van der Waals surface area contributed by atoms with Gasteiger partial charge in [0.1, 0.15) is 0 Å². The Morgan fingerprint density at radius 3 is 0.556 bits per heavy atom. The minimum atomic E-state index is 0. The molecule has 9 heavy (non-hydrogen) atoms. The average Bonchev–Trinajstić information content (AvgIpc) is 1.72. The summed E-state index contributed by atoms with van der Waals surface area (Å²) in [6.07, 6.45) is 0. The molecule has 1 aromatic rings. The predicted octanol–water partition coefficient (Wildman–Crippen LogP) is 3.59. The van der Waals surface area contributed by atoms with Crippen LogP contribution in [0.2, 0.25) is 0 Å². The monoisotopic (exact) mass is 126 g/mol. The van der Waals surface area contributed by atoms with Crippen molar-refractivity contribution in [2.24, 2.45) is 0 Å². The van der Waals surface area contributed by atoms with E-state index in [1.165, 1.54) is 0 Å². The van der Waals surface area contributed by atoms with Crippen molar-refractivity contribution >= 4 is 0 Å². The molecule has 0 spiro atoms. The Kier molecular flexibility index (Phi) is 17.9. The maximum atomic E-state index is 2.00. The van der Waals surface area contributed by atoms with Gasteiger partial charge in [-0.15, -0.1) is 0 Å². The van der Waals surface area contributed by atoms with E-state index in [0.717, 1.165) is 0 Å². The second-order valence-electron chi connectivity index (χ2n) is 1.15. The van der Waals surface area contributed by atoms with Crippen molar-refractivity contribution in [2.75, 3.05) is 0 Å². The van der Waals surface area contributed by atoms with E-state index in [2.05, 4.69) is 0 Å². The highest BCUT2D eigenvalue weighted by Gasteiger charge is 1.57. The Hall–Kier alpha value is -0.780. The second-order valence-corrected chi connectivity index (χ2v) is 1.15. The summed E-state index contributed by atoms with van der Waals surface area (Å²) in [6.45, 7) is 0. The molecule has 0 N–H and O–H groups in total. The minimum Gasteiger partial charge on any atom is -0.0776 e. The molecule has 0 aliphatic heterocycles. The third kappa shape index (κ3) is 7.22. The van der Waals surface area contributed by atoms with Crippen LogP contribution < -0.4 is 0 Å². The summed E-state index contributed by atoms with van der Waals surface area (Å²) in [4.78, 5) is 0. The van der Waals surface area contributed by atoms with Gasteiger partial charge in [0.25, 0.3) is 0 Å². The van der Waals surface area contributed by atoms with Crippen molar-refractivity contribution in [1.82, 2.24) is 0 Å². The third-order valence-electron chi connectivity index (χ3n) is 0.667. The van der Waals surface area contributed by atoms with Gasteiger partial charge in [-0.25, -0.2) is 0 Å². The highest BCUT2D eigenvalue weighted by molar-refractivity contribution is 4.99. The van der Waals surface area contributed by atoms with Crippen LogP contribution in [0.15, 0.2) is 36.4 Å². The van der Waals surface area contributed by atoms with E-state index in [4.69, 9.17) is 0 Å². The number of hydrogen-bond donors (Lipinski definition) is 0. The van der Waals surface area contributed by atoms with Gasteiger partial charge in [0, 0.05) is 0 Å². The van der Waals surface area contributed by atoms with Crippen molar-refractivity contribution < 1.29 is 0 Å². The minimum absolute atomic E-state index is 0. The van der Waals surface area contributed by atoms with E-state index >= 15 is 0 Å². The zero-order valence-corrected chi connectivity index (χ0v) is 3.46. The van der Waals surface area contributed by atoms with Gasteiger partial charge in [-0.05, 0) is 0 Å². The van der Waals surface area contributed by atoms with E-state index in [1.54, 1.807) is 0 Å². The molecule has 0 aliphatic carbocycles. The Morgan fingerprint density at radius 2 is 0.444 bits per heavy atom. The summed E-state index contributed by atoms with van der Waals surface area (Å²) in [5.41, 5.74) is 0. The van der Waals surface area contributed by atoms with Crippen LogP contribution in [-0.2, 0) is 0 Å². The highest BCUT2D eigenvalue weighted by atomic mass is 13.6. The summed E-state index contributed by atoms with van der Waals surface area (Å²) in [6, 6.07) is 12.0. The van der Waals surface area contributed by atoms with Crippen LogP contribution in [-0.4, -0.2) is 0 Å². The Labute approximate surface area is 59.5 Å². The Balaban J connectivity index is -0.000000120. The molecule has 0 nitrogen and oxygen atoms in total. The van der Waals surface area contributed by atoms with Crippen LogP contribution in [0.5, 0.6) is 0 Å². The fourth-order valence-corrected chi connectivity index (χ4v) is 0.385. The quantitative estimate of drug-likeness (QED) is 0.498. The smallest absolute Gasteiger partial charge is 0.0623 e. The summed E-state index contributed by atoms with van der Waals surface area (Å²) in [5.74, 6) is 0. The van der Waals surface area contributed by atoms with Crippen LogP contribution in [0, 0.1) is 0 Å². The summed E-state index contributed by atoms with van der Waals surface area (Å²) < 4.78 is 0. The second kappa shape index (κ2) is 10.3. The molecule has 0 aliphatic rings. The van der Waals surface area contributed by atoms with Gasteiger partial charge in [0.15, 0.2) is 0 Å². The normalized spacial score (nSPS) is 5.33. The fraction of sp³-hybridized carbons (Fsp3) is 0.333. The topological polar surface area (TPSA) is 0 Å². The third-order valence-corrected chi connectivity index (χ3v) is 0.667. The number of hydrogen-bond acceptors (Lipinski definition) is 0. The summed E-state index contributed by atoms with van der Waals surface area (Å²) >= 11 is 0. The van der Waals surface area contributed by atoms with Crippen molar-refractivity contribution in [3.63, 3.8) is 0 Å². The zero-order chi connectivity index (χ0) is 4.24. The first-order chi connectivity index (χ1) is 3.00. The Morgan fingerprint density at radius 1 is 0.333 bits per heavy atom. The maximum absolute atomic E-state index is 2.00. The molecule has 1 rings (SSSR count). The predicted molar refractivity (Wildman–Crippen MR) is 46.6 cm³/mol. The molecule has 0 aromatic heterocycles. The first-order valence-corrected chi connectivity index (χ1v) is 2.00. The van der Waals surface area contributed by atoms with Crippen molar-refractivity contribution in [2.45, 2.75) is 22.3 Å². The van der Waals surface area contributed by atoms with Crippen molar-refractivity contribution in [3.05, 3.63) is 36.4 Å². The van der Waals surface area contributed by atoms with Gasteiger partial charge in [-0.1, -0.05) is 58.7 Å². The van der Waals surface area contributed by atoms with Gasteiger partial charge >= 0.3 is 0 Å². The molecular weight excluding hydrogens is 108 g/mol. The lowest BCUT2D eigenvalue weighted by molar-refractivity contribution is 1.72. The van der Waals surface area contributed by atoms with Crippen molar-refractivity contribution in [1.29, 1.82) is 0 Å². The van der Waals surface area contributed by atoms with Gasteiger partial charge in [0.05, 0.1) is 0 Å². The molecule has 54 valence electrons. The molecule has 0 saturated carbocycles. The van der Waals surface area contributed by atoms with Crippen molar-refractivity contribution in [3.8, 4) is 0 Å². The van der Waals surface area contributed by atoms with Crippen LogP contribution in [0.25, 0.3) is 0 Å². The molecule has 0 unspecified atom stereocenters. The number of rotatable bonds is 0. The van der Waals surface area contributed by atoms with E-state index in [0.29, 0.717) is 0 Å². The summed E-state index contributed by atoms with van der Waals surface area (Å²) in [5, 5.41) is 0. The van der Waals surface area contributed by atoms with Crippen LogP contribution in [0.3, 0.4) is 0 Å². The van der Waals surface area contributed by atoms with Gasteiger partial charge in [0.2, 0.25) is 0 Å². The van der Waals surface area contributed by atoms with E-state index < -0.39 is 0 Å². The van der Waals surface area contributed by atoms with E-state index in [1.807, 2.05) is 36.4 Å². The zero-order valence-electron chi connectivity index (χ0n) is 3.46. The molecule has 0 heterocycles. The van der Waals surface area contributed by atoms with Crippen LogP contribution in [0.1, 0.15) is 22.3 Å². The molecule has 0 radical (unpaired) electrons. The van der Waals surface area contributed by atoms with E-state index in [-0.39, 0.29) is 22.3 Å². The van der Waals surface area contributed by atoms with Gasteiger partial charge < -0.3 is 0 Å². The molecule has 0 atom stereocenters. The van der Waals surface area contributed by atoms with E-state index in [9.17, 15) is 0 Å². The van der Waals surface area contributed by atoms with Gasteiger partial charge in [-0.2, -0.15) is 0 Å². The van der Waals surface area contributed by atoms with Crippen LogP contribution >= 0.6 is 0 Å². The summed E-state index contributed by atoms with van der Waals surface area (Å²) in [7, 11) is 0. The first kappa shape index (κ1) is 15.7. The van der Waals surface area contributed by atoms with Gasteiger partial charge in [-0.3, -0.25) is 0 Å². The maximum Gasteiger partial charge on any atom is -0.0623 e. The molecule has 0 fully saturated rings. The molecule has 0 saturated heterocycles. The molecule has 1 aromatic carbocycles.